The van der Waals surface area contributed by atoms with Crippen molar-refractivity contribution in [1.29, 1.82) is 0 Å². The van der Waals surface area contributed by atoms with Crippen molar-refractivity contribution in [2.75, 3.05) is 79.1 Å². The van der Waals surface area contributed by atoms with E-state index in [1.54, 1.807) is 4.90 Å². The molecule has 3 heterocycles. The minimum Gasteiger partial charge on any atom is -0.469 e. The Labute approximate surface area is 385 Å². The van der Waals surface area contributed by atoms with Crippen molar-refractivity contribution in [3.63, 3.8) is 0 Å². The molecule has 5 aliphatic rings. The van der Waals surface area contributed by atoms with Crippen LogP contribution in [0.2, 0.25) is 5.02 Å². The van der Waals surface area contributed by atoms with E-state index in [4.69, 9.17) is 21.1 Å². The van der Waals surface area contributed by atoms with Crippen molar-refractivity contribution >= 4 is 41.4 Å². The highest BCUT2D eigenvalue weighted by Crippen LogP contribution is 2.32. The maximum absolute atomic E-state index is 14.4. The molecule has 2 aromatic carbocycles. The molecule has 5 fully saturated rings. The Morgan fingerprint density at radius 3 is 2.16 bits per heavy atom. The van der Waals surface area contributed by atoms with E-state index in [9.17, 15) is 24.0 Å². The highest BCUT2D eigenvalue weighted by Gasteiger charge is 2.39. The fourth-order valence-electron chi connectivity index (χ4n) is 10.3. The summed E-state index contributed by atoms with van der Waals surface area (Å²) in [4.78, 5) is 78.1. The second kappa shape index (κ2) is 21.9. The number of piperidine rings is 2. The number of methoxy groups -OCH3 is 1. The minimum absolute atomic E-state index is 0.00789. The van der Waals surface area contributed by atoms with E-state index in [-0.39, 0.29) is 54.0 Å². The fourth-order valence-corrected chi connectivity index (χ4v) is 10.4. The summed E-state index contributed by atoms with van der Waals surface area (Å²) in [5, 5.41) is 3.88. The van der Waals surface area contributed by atoms with E-state index in [0.29, 0.717) is 49.2 Å². The molecular formula is C50H71ClN6O7. The number of likely N-dealkylation sites (tertiary alicyclic amines) is 2. The third kappa shape index (κ3) is 13.0. The molecule has 3 atom stereocenters. The smallest absolute Gasteiger partial charge is 0.411 e. The highest BCUT2D eigenvalue weighted by molar-refractivity contribution is 6.30. The van der Waals surface area contributed by atoms with Crippen molar-refractivity contribution in [2.24, 2.45) is 11.8 Å². The van der Waals surface area contributed by atoms with E-state index < -0.39 is 17.7 Å². The average molecular weight is 904 g/mol. The van der Waals surface area contributed by atoms with Gasteiger partial charge >= 0.3 is 12.1 Å². The average Bonchev–Trinajstić information content (AvgIpc) is 4.15. The number of hydrogen-bond donors (Lipinski definition) is 1. The molecule has 0 bridgehead atoms. The highest BCUT2D eigenvalue weighted by atomic mass is 35.5. The van der Waals surface area contributed by atoms with Crippen LogP contribution in [0.3, 0.4) is 0 Å². The van der Waals surface area contributed by atoms with Gasteiger partial charge in [-0.1, -0.05) is 55.1 Å². The molecule has 0 radical (unpaired) electrons. The van der Waals surface area contributed by atoms with Gasteiger partial charge < -0.3 is 29.5 Å². The second-order valence-corrected chi connectivity index (χ2v) is 20.4. The number of hydrogen-bond acceptors (Lipinski definition) is 9. The fraction of sp³-hybridized carbons (Fsp3) is 0.660. The molecule has 2 saturated carbocycles. The number of carbonyl (C=O) groups excluding carboxylic acids is 5. The maximum atomic E-state index is 14.4. The van der Waals surface area contributed by atoms with Crippen LogP contribution in [0.25, 0.3) is 0 Å². The monoisotopic (exact) mass is 903 g/mol. The zero-order valence-corrected chi connectivity index (χ0v) is 39.4. The van der Waals surface area contributed by atoms with Crippen LogP contribution < -0.4 is 5.32 Å². The molecule has 13 nitrogen and oxygen atoms in total. The summed E-state index contributed by atoms with van der Waals surface area (Å²) >= 11 is 6.11. The third-order valence-corrected chi connectivity index (χ3v) is 14.3. The Morgan fingerprint density at radius 2 is 1.50 bits per heavy atom. The summed E-state index contributed by atoms with van der Waals surface area (Å²) in [5.41, 5.74) is 1.81. The van der Waals surface area contributed by atoms with Gasteiger partial charge in [0.2, 0.25) is 11.8 Å². The molecule has 350 valence electrons. The molecule has 3 aliphatic heterocycles. The number of esters is 1. The largest absolute Gasteiger partial charge is 0.469 e. The molecule has 1 unspecified atom stereocenters. The first kappa shape index (κ1) is 47.8. The van der Waals surface area contributed by atoms with Crippen LogP contribution >= 0.6 is 11.6 Å². The van der Waals surface area contributed by atoms with E-state index in [1.165, 1.54) is 7.11 Å². The van der Waals surface area contributed by atoms with Crippen molar-refractivity contribution < 1.29 is 33.4 Å². The van der Waals surface area contributed by atoms with Crippen LogP contribution in [0.4, 0.5) is 4.79 Å². The maximum Gasteiger partial charge on any atom is 0.411 e. The quantitative estimate of drug-likeness (QED) is 0.201. The second-order valence-electron chi connectivity index (χ2n) is 20.0. The van der Waals surface area contributed by atoms with Gasteiger partial charge in [-0.25, -0.2) is 4.79 Å². The summed E-state index contributed by atoms with van der Waals surface area (Å²) in [6.07, 6.45) is 10.3. The van der Waals surface area contributed by atoms with Gasteiger partial charge in [0.15, 0.2) is 0 Å². The summed E-state index contributed by atoms with van der Waals surface area (Å²) in [7, 11) is 1.44. The Hall–Kier alpha value is -4.20. The summed E-state index contributed by atoms with van der Waals surface area (Å²) in [6.45, 7) is 13.0. The van der Waals surface area contributed by atoms with Crippen LogP contribution in [-0.2, 0) is 23.9 Å². The van der Waals surface area contributed by atoms with Gasteiger partial charge in [-0.3, -0.25) is 29.0 Å². The lowest BCUT2D eigenvalue weighted by molar-refractivity contribution is -0.143. The van der Waals surface area contributed by atoms with Crippen molar-refractivity contribution in [3.8, 4) is 0 Å². The van der Waals surface area contributed by atoms with Crippen molar-refractivity contribution in [3.05, 3.63) is 70.2 Å². The zero-order chi connectivity index (χ0) is 45.4. The van der Waals surface area contributed by atoms with Crippen LogP contribution in [0.5, 0.6) is 0 Å². The lowest BCUT2D eigenvalue weighted by atomic mass is 9.83. The number of ether oxygens (including phenoxy) is 2. The van der Waals surface area contributed by atoms with Gasteiger partial charge in [-0.15, -0.1) is 0 Å². The van der Waals surface area contributed by atoms with Crippen molar-refractivity contribution in [2.45, 2.75) is 121 Å². The van der Waals surface area contributed by atoms with Crippen LogP contribution in [0.1, 0.15) is 125 Å². The molecule has 64 heavy (non-hydrogen) atoms. The lowest BCUT2D eigenvalue weighted by Gasteiger charge is -2.41. The van der Waals surface area contributed by atoms with E-state index >= 15 is 0 Å². The molecule has 7 rings (SSSR count). The first-order valence-electron chi connectivity index (χ1n) is 24.0. The molecule has 3 saturated heterocycles. The van der Waals surface area contributed by atoms with Crippen LogP contribution in [0, 0.1) is 11.8 Å². The number of rotatable bonds is 14. The Morgan fingerprint density at radius 1 is 0.797 bits per heavy atom. The SMILES string of the molecule is COC(=O)C(CN1CCC(CN2CCN(C(=O)[C@H](NC(=O)c3cccc([C@H]4CCCN(C(=O)CN(C(=O)OC(C)(C)C)C5CC5)C4)c3)C3CCCCC3)CC2)CC1)c1ccc(Cl)cc1. The Kier molecular flexibility index (Phi) is 16.3. The Balaban J connectivity index is 0.906. The lowest BCUT2D eigenvalue weighted by Crippen LogP contribution is -2.57. The number of nitrogens with zero attached hydrogens (tertiary/aromatic N) is 5. The molecule has 1 N–H and O–H groups in total. The number of halogens is 1. The molecular weight excluding hydrogens is 832 g/mol. The number of nitrogens with one attached hydrogen (secondary N) is 1. The molecule has 14 heteroatoms. The predicted octanol–water partition coefficient (Wildman–Crippen LogP) is 6.94. The zero-order valence-electron chi connectivity index (χ0n) is 38.6. The molecule has 2 aliphatic carbocycles. The first-order chi connectivity index (χ1) is 30.7. The van der Waals surface area contributed by atoms with Crippen molar-refractivity contribution in [1.82, 2.24) is 29.8 Å². The molecule has 2 aromatic rings. The van der Waals surface area contributed by atoms with E-state index in [1.807, 2.05) is 79.1 Å². The standard InChI is InChI=1S/C50H71ClN6O7/c1-50(2,3)64-49(62)57(42-19-20-42)34-44(58)56-23-9-14-40(32-56)38-12-8-13-39(30-38)46(59)52-45(37-10-6-5-7-11-37)47(60)55-28-26-54(27-29-55)31-35-21-24-53(25-22-35)33-43(48(61)63-4)36-15-17-41(51)18-16-36/h8,12-13,15-18,30,35,37,40,42-43,45H,5-7,9-11,14,19-29,31-34H2,1-4H3,(H,52,59)/t40-,43?,45+/m0/s1. The molecule has 0 spiro atoms. The van der Waals surface area contributed by atoms with Gasteiger partial charge in [0.25, 0.3) is 5.91 Å². The van der Waals surface area contributed by atoms with Gasteiger partial charge in [0.1, 0.15) is 18.2 Å². The minimum atomic E-state index is -0.637. The van der Waals surface area contributed by atoms with Gasteiger partial charge in [0, 0.05) is 74.9 Å². The predicted molar refractivity (Wildman–Crippen MR) is 247 cm³/mol. The van der Waals surface area contributed by atoms with Gasteiger partial charge in [0.05, 0.1) is 13.0 Å². The van der Waals surface area contributed by atoms with Gasteiger partial charge in [-0.2, -0.15) is 0 Å². The normalized spacial score (nSPS) is 21.7. The number of carbonyl (C=O) groups is 5. The third-order valence-electron chi connectivity index (χ3n) is 14.1. The first-order valence-corrected chi connectivity index (χ1v) is 24.4. The van der Waals surface area contributed by atoms with E-state index in [2.05, 4.69) is 15.1 Å². The molecule has 0 aromatic heterocycles. The summed E-state index contributed by atoms with van der Waals surface area (Å²) < 4.78 is 10.8. The number of piperazine rings is 1. The number of benzene rings is 2. The van der Waals surface area contributed by atoms with Crippen LogP contribution in [0.15, 0.2) is 48.5 Å². The van der Waals surface area contributed by atoms with Crippen LogP contribution in [-0.4, -0.2) is 151 Å². The summed E-state index contributed by atoms with van der Waals surface area (Å²) in [6, 6.07) is 14.6. The Bertz CT molecular complexity index is 1920. The summed E-state index contributed by atoms with van der Waals surface area (Å²) in [5.74, 6) is -0.166. The molecule has 4 amide bonds. The van der Waals surface area contributed by atoms with E-state index in [0.717, 1.165) is 114 Å². The number of amides is 4. The van der Waals surface area contributed by atoms with Gasteiger partial charge in [-0.05, 0) is 132 Å². The topological polar surface area (TPSA) is 132 Å².